The first-order valence-electron chi connectivity index (χ1n) is 5.18. The molecule has 84 valence electrons. The fourth-order valence-corrected chi connectivity index (χ4v) is 1.44. The molecule has 16 heavy (non-hydrogen) atoms. The second kappa shape index (κ2) is 5.92. The number of hydrogen-bond acceptors (Lipinski definition) is 1. The molecule has 2 nitrogen and oxygen atoms in total. The van der Waals surface area contributed by atoms with Crippen molar-refractivity contribution in [1.82, 2.24) is 4.90 Å². The van der Waals surface area contributed by atoms with Crippen LogP contribution in [0, 0.1) is 18.2 Å². The van der Waals surface area contributed by atoms with Crippen molar-refractivity contribution in [2.24, 2.45) is 0 Å². The van der Waals surface area contributed by atoms with Gasteiger partial charge >= 0.3 is 0 Å². The Bertz CT molecular complexity index is 409. The molecule has 3 heteroatoms. The molecule has 0 unspecified atom stereocenters. The molecule has 0 heterocycles. The Morgan fingerprint density at radius 3 is 2.75 bits per heavy atom. The van der Waals surface area contributed by atoms with Crippen molar-refractivity contribution in [1.29, 1.82) is 0 Å². The molecule has 0 saturated heterocycles. The maximum atomic E-state index is 13.4. The highest BCUT2D eigenvalue weighted by Crippen LogP contribution is 2.10. The lowest BCUT2D eigenvalue weighted by atomic mass is 10.2. The minimum Gasteiger partial charge on any atom is -0.327 e. The molecule has 0 aliphatic carbocycles. The zero-order valence-corrected chi connectivity index (χ0v) is 9.24. The van der Waals surface area contributed by atoms with E-state index >= 15 is 0 Å². The molecule has 0 fully saturated rings. The fourth-order valence-electron chi connectivity index (χ4n) is 1.44. The molecule has 0 atom stereocenters. The van der Waals surface area contributed by atoms with Gasteiger partial charge in [-0.3, -0.25) is 4.79 Å². The van der Waals surface area contributed by atoms with Crippen LogP contribution in [-0.4, -0.2) is 23.9 Å². The van der Waals surface area contributed by atoms with Crippen LogP contribution in [0.1, 0.15) is 23.7 Å². The van der Waals surface area contributed by atoms with Gasteiger partial charge in [0.05, 0.1) is 12.1 Å². The van der Waals surface area contributed by atoms with E-state index in [2.05, 4.69) is 5.92 Å². The molecular weight excluding hydrogens is 205 g/mol. The molecule has 0 N–H and O–H groups in total. The molecule has 1 aromatic rings. The van der Waals surface area contributed by atoms with Crippen molar-refractivity contribution in [3.63, 3.8) is 0 Å². The second-order valence-corrected chi connectivity index (χ2v) is 3.41. The average molecular weight is 219 g/mol. The molecule has 0 radical (unpaired) electrons. The van der Waals surface area contributed by atoms with Crippen molar-refractivity contribution in [2.75, 3.05) is 13.1 Å². The molecule has 0 saturated carbocycles. The van der Waals surface area contributed by atoms with Crippen LogP contribution in [0.2, 0.25) is 0 Å². The Hall–Kier alpha value is -1.82. The zero-order chi connectivity index (χ0) is 12.0. The second-order valence-electron chi connectivity index (χ2n) is 3.41. The molecule has 0 aromatic heterocycles. The van der Waals surface area contributed by atoms with Gasteiger partial charge in [-0.1, -0.05) is 25.0 Å². The number of amides is 1. The van der Waals surface area contributed by atoms with Gasteiger partial charge in [-0.15, -0.1) is 6.42 Å². The summed E-state index contributed by atoms with van der Waals surface area (Å²) in [6.07, 6.45) is 5.97. The summed E-state index contributed by atoms with van der Waals surface area (Å²) in [5.41, 5.74) is 0.0752. The van der Waals surface area contributed by atoms with Gasteiger partial charge in [0.25, 0.3) is 5.91 Å². The quantitative estimate of drug-likeness (QED) is 0.712. The van der Waals surface area contributed by atoms with Crippen molar-refractivity contribution < 1.29 is 9.18 Å². The van der Waals surface area contributed by atoms with Crippen molar-refractivity contribution in [3.05, 3.63) is 35.6 Å². The highest BCUT2D eigenvalue weighted by atomic mass is 19.1. The number of nitrogens with zero attached hydrogens (tertiary/aromatic N) is 1. The van der Waals surface area contributed by atoms with Crippen LogP contribution in [0.4, 0.5) is 4.39 Å². The average Bonchev–Trinajstić information content (AvgIpc) is 2.28. The number of carbonyl (C=O) groups is 1. The molecule has 0 spiro atoms. The van der Waals surface area contributed by atoms with Crippen LogP contribution in [0.15, 0.2) is 24.3 Å². The maximum absolute atomic E-state index is 13.4. The van der Waals surface area contributed by atoms with E-state index in [4.69, 9.17) is 6.42 Å². The first-order chi connectivity index (χ1) is 7.70. The van der Waals surface area contributed by atoms with E-state index in [0.29, 0.717) is 6.54 Å². The van der Waals surface area contributed by atoms with E-state index in [9.17, 15) is 9.18 Å². The predicted octanol–water partition coefficient (Wildman–Crippen LogP) is 2.31. The molecule has 0 aliphatic rings. The molecule has 0 bridgehead atoms. The lowest BCUT2D eigenvalue weighted by Gasteiger charge is -2.19. The summed E-state index contributed by atoms with van der Waals surface area (Å²) in [5, 5.41) is 0. The van der Waals surface area contributed by atoms with E-state index < -0.39 is 5.82 Å². The summed E-state index contributed by atoms with van der Waals surface area (Å²) in [5.74, 6) is 1.55. The Kier molecular flexibility index (Phi) is 4.53. The smallest absolute Gasteiger partial charge is 0.257 e. The van der Waals surface area contributed by atoms with Gasteiger partial charge in [-0.25, -0.2) is 4.39 Å². The highest BCUT2D eigenvalue weighted by Gasteiger charge is 2.16. The number of hydrogen-bond donors (Lipinski definition) is 0. The number of terminal acetylenes is 1. The lowest BCUT2D eigenvalue weighted by Crippen LogP contribution is -2.32. The van der Waals surface area contributed by atoms with E-state index in [1.807, 2.05) is 6.92 Å². The topological polar surface area (TPSA) is 20.3 Å². The van der Waals surface area contributed by atoms with E-state index in [1.54, 1.807) is 12.1 Å². The van der Waals surface area contributed by atoms with E-state index in [1.165, 1.54) is 17.0 Å². The standard InChI is InChI=1S/C13H14FNO/c1-3-9-15(10-4-2)13(16)11-7-5-6-8-12(11)14/h1,5-8H,4,9-10H2,2H3. The van der Waals surface area contributed by atoms with E-state index in [0.717, 1.165) is 6.42 Å². The number of carbonyl (C=O) groups excluding carboxylic acids is 1. The van der Waals surface area contributed by atoms with Gasteiger partial charge < -0.3 is 4.90 Å². The van der Waals surface area contributed by atoms with Gasteiger partial charge in [0.1, 0.15) is 5.82 Å². The van der Waals surface area contributed by atoms with Gasteiger partial charge in [0, 0.05) is 6.54 Å². The predicted molar refractivity (Wildman–Crippen MR) is 61.4 cm³/mol. The minimum absolute atomic E-state index is 0.0752. The molecule has 0 aliphatic heterocycles. The highest BCUT2D eigenvalue weighted by molar-refractivity contribution is 5.94. The molecule has 1 amide bonds. The zero-order valence-electron chi connectivity index (χ0n) is 9.24. The monoisotopic (exact) mass is 219 g/mol. The normalized spacial score (nSPS) is 9.56. The van der Waals surface area contributed by atoms with Gasteiger partial charge in [-0.2, -0.15) is 0 Å². The van der Waals surface area contributed by atoms with Crippen LogP contribution in [0.25, 0.3) is 0 Å². The van der Waals surface area contributed by atoms with Crippen molar-refractivity contribution >= 4 is 5.91 Å². The van der Waals surface area contributed by atoms with Gasteiger partial charge in [0.2, 0.25) is 0 Å². The van der Waals surface area contributed by atoms with E-state index in [-0.39, 0.29) is 18.0 Å². The maximum Gasteiger partial charge on any atom is 0.257 e. The Morgan fingerprint density at radius 1 is 1.50 bits per heavy atom. The van der Waals surface area contributed by atoms with Crippen molar-refractivity contribution in [3.8, 4) is 12.3 Å². The first-order valence-corrected chi connectivity index (χ1v) is 5.18. The Labute approximate surface area is 95.1 Å². The van der Waals surface area contributed by atoms with Crippen LogP contribution in [0.5, 0.6) is 0 Å². The Morgan fingerprint density at radius 2 is 2.19 bits per heavy atom. The summed E-state index contributed by atoms with van der Waals surface area (Å²) >= 11 is 0. The minimum atomic E-state index is -0.509. The third-order valence-corrected chi connectivity index (χ3v) is 2.17. The van der Waals surface area contributed by atoms with Gasteiger partial charge in [0.15, 0.2) is 0 Å². The molecular formula is C13H14FNO. The van der Waals surface area contributed by atoms with Crippen LogP contribution in [0.3, 0.4) is 0 Å². The summed E-state index contributed by atoms with van der Waals surface area (Å²) in [4.78, 5) is 13.4. The van der Waals surface area contributed by atoms with Crippen molar-refractivity contribution in [2.45, 2.75) is 13.3 Å². The third kappa shape index (κ3) is 2.83. The summed E-state index contributed by atoms with van der Waals surface area (Å²) in [7, 11) is 0. The summed E-state index contributed by atoms with van der Waals surface area (Å²) in [6.45, 7) is 2.69. The number of halogens is 1. The Balaban J connectivity index is 2.91. The fraction of sp³-hybridized carbons (Fsp3) is 0.308. The van der Waals surface area contributed by atoms with Gasteiger partial charge in [-0.05, 0) is 18.6 Å². The largest absolute Gasteiger partial charge is 0.327 e. The summed E-state index contributed by atoms with van der Waals surface area (Å²) in [6, 6.07) is 5.93. The first kappa shape index (κ1) is 12.3. The van der Waals surface area contributed by atoms with Crippen LogP contribution in [-0.2, 0) is 0 Å². The SMILES string of the molecule is C#CCN(CCC)C(=O)c1ccccc1F. The molecule has 1 aromatic carbocycles. The third-order valence-electron chi connectivity index (χ3n) is 2.17. The number of benzene rings is 1. The number of rotatable bonds is 4. The van der Waals surface area contributed by atoms with Crippen LogP contribution < -0.4 is 0 Å². The van der Waals surface area contributed by atoms with Crippen LogP contribution >= 0.6 is 0 Å². The lowest BCUT2D eigenvalue weighted by molar-refractivity contribution is 0.0772. The molecule has 1 rings (SSSR count). The summed E-state index contributed by atoms with van der Waals surface area (Å²) < 4.78 is 13.4.